The molecule has 1 aromatic rings. The van der Waals surface area contributed by atoms with Crippen LogP contribution in [0.4, 0.5) is 0 Å². The Kier molecular flexibility index (Phi) is 4.91. The number of halogens is 2. The van der Waals surface area contributed by atoms with Crippen LogP contribution in [0.25, 0.3) is 0 Å². The monoisotopic (exact) mass is 287 g/mol. The molecule has 2 nitrogen and oxygen atoms in total. The van der Waals surface area contributed by atoms with E-state index >= 15 is 0 Å². The van der Waals surface area contributed by atoms with E-state index in [4.69, 9.17) is 27.9 Å². The highest BCUT2D eigenvalue weighted by molar-refractivity contribution is 6.33. The number of benzene rings is 1. The van der Waals surface area contributed by atoms with Crippen LogP contribution in [0.1, 0.15) is 25.3 Å². The summed E-state index contributed by atoms with van der Waals surface area (Å²) in [6.07, 6.45) is 2.23. The molecule has 18 heavy (non-hydrogen) atoms. The van der Waals surface area contributed by atoms with E-state index in [1.54, 1.807) is 0 Å². The van der Waals surface area contributed by atoms with E-state index in [0.717, 1.165) is 54.8 Å². The molecular weight excluding hydrogens is 269 g/mol. The number of hydrogen-bond donors (Lipinski definition) is 1. The molecule has 1 N–H and O–H groups in total. The Balaban J connectivity index is 1.86. The van der Waals surface area contributed by atoms with Crippen molar-refractivity contribution in [3.8, 4) is 0 Å². The van der Waals surface area contributed by atoms with E-state index < -0.39 is 0 Å². The third-order valence-corrected chi connectivity index (χ3v) is 4.18. The quantitative estimate of drug-likeness (QED) is 0.907. The first-order valence-corrected chi connectivity index (χ1v) is 7.07. The van der Waals surface area contributed by atoms with Gasteiger partial charge in [0.2, 0.25) is 0 Å². The van der Waals surface area contributed by atoms with Gasteiger partial charge in [-0.25, -0.2) is 0 Å². The van der Waals surface area contributed by atoms with Gasteiger partial charge in [-0.15, -0.1) is 0 Å². The van der Waals surface area contributed by atoms with E-state index in [2.05, 4.69) is 12.2 Å². The van der Waals surface area contributed by atoms with Gasteiger partial charge in [0, 0.05) is 36.3 Å². The first-order chi connectivity index (χ1) is 8.59. The summed E-state index contributed by atoms with van der Waals surface area (Å²) >= 11 is 12.1. The molecule has 100 valence electrons. The lowest BCUT2D eigenvalue weighted by Crippen LogP contribution is -2.36. The van der Waals surface area contributed by atoms with Gasteiger partial charge in [0.1, 0.15) is 0 Å². The van der Waals surface area contributed by atoms with Crippen molar-refractivity contribution in [1.29, 1.82) is 0 Å². The van der Waals surface area contributed by atoms with Crippen LogP contribution in [0.2, 0.25) is 10.0 Å². The van der Waals surface area contributed by atoms with Crippen LogP contribution in [0, 0.1) is 5.41 Å². The highest BCUT2D eigenvalue weighted by Crippen LogP contribution is 2.29. The summed E-state index contributed by atoms with van der Waals surface area (Å²) in [5.41, 5.74) is 1.39. The van der Waals surface area contributed by atoms with Crippen molar-refractivity contribution >= 4 is 23.2 Å². The first kappa shape index (κ1) is 14.1. The second-order valence-electron chi connectivity index (χ2n) is 5.26. The van der Waals surface area contributed by atoms with Crippen LogP contribution >= 0.6 is 23.2 Å². The van der Waals surface area contributed by atoms with E-state index in [1.807, 2.05) is 18.2 Å². The van der Waals surface area contributed by atoms with Crippen LogP contribution in [0.5, 0.6) is 0 Å². The highest BCUT2D eigenvalue weighted by Gasteiger charge is 2.26. The zero-order chi connectivity index (χ0) is 13.0. The molecule has 0 spiro atoms. The van der Waals surface area contributed by atoms with Crippen molar-refractivity contribution in [2.24, 2.45) is 5.41 Å². The second kappa shape index (κ2) is 6.25. The Morgan fingerprint density at radius 3 is 2.72 bits per heavy atom. The maximum absolute atomic E-state index is 6.13. The molecule has 1 aromatic carbocycles. The molecule has 2 rings (SSSR count). The molecular formula is C14H19Cl2NO. The normalized spacial score (nSPS) is 18.8. The maximum atomic E-state index is 6.13. The summed E-state index contributed by atoms with van der Waals surface area (Å²) in [4.78, 5) is 0. The minimum Gasteiger partial charge on any atom is -0.381 e. The lowest BCUT2D eigenvalue weighted by Gasteiger charge is -2.33. The van der Waals surface area contributed by atoms with E-state index in [-0.39, 0.29) is 0 Å². The fraction of sp³-hybridized carbons (Fsp3) is 0.571. The maximum Gasteiger partial charge on any atom is 0.0471 e. The van der Waals surface area contributed by atoms with Gasteiger partial charge >= 0.3 is 0 Å². The molecule has 4 heteroatoms. The SMILES string of the molecule is CC1(CNCc2cc(Cl)ccc2Cl)CCOCC1. The van der Waals surface area contributed by atoms with Crippen LogP contribution in [-0.4, -0.2) is 19.8 Å². The topological polar surface area (TPSA) is 21.3 Å². The molecule has 1 heterocycles. The summed E-state index contributed by atoms with van der Waals surface area (Å²) in [6, 6.07) is 5.58. The smallest absolute Gasteiger partial charge is 0.0471 e. The van der Waals surface area contributed by atoms with Crippen LogP contribution in [0.3, 0.4) is 0 Å². The van der Waals surface area contributed by atoms with Gasteiger partial charge in [-0.2, -0.15) is 0 Å². The third-order valence-electron chi connectivity index (χ3n) is 3.57. The van der Waals surface area contributed by atoms with Gasteiger partial charge in [-0.1, -0.05) is 30.1 Å². The van der Waals surface area contributed by atoms with Crippen molar-refractivity contribution in [2.45, 2.75) is 26.3 Å². The van der Waals surface area contributed by atoms with Crippen LogP contribution in [-0.2, 0) is 11.3 Å². The van der Waals surface area contributed by atoms with E-state index in [9.17, 15) is 0 Å². The van der Waals surface area contributed by atoms with Crippen molar-refractivity contribution in [3.63, 3.8) is 0 Å². The van der Waals surface area contributed by atoms with Gasteiger partial charge in [-0.05, 0) is 42.0 Å². The number of ether oxygens (including phenoxy) is 1. The molecule has 0 unspecified atom stereocenters. The van der Waals surface area contributed by atoms with Crippen molar-refractivity contribution in [3.05, 3.63) is 33.8 Å². The minimum atomic E-state index is 0.337. The lowest BCUT2D eigenvalue weighted by atomic mass is 9.82. The average molecular weight is 288 g/mol. The number of rotatable bonds is 4. The molecule has 0 atom stereocenters. The van der Waals surface area contributed by atoms with Crippen molar-refractivity contribution in [1.82, 2.24) is 5.32 Å². The number of hydrogen-bond acceptors (Lipinski definition) is 2. The molecule has 1 aliphatic heterocycles. The standard InChI is InChI=1S/C14H19Cl2NO/c1-14(4-6-18-7-5-14)10-17-9-11-8-12(15)2-3-13(11)16/h2-3,8,17H,4-7,9-10H2,1H3. The third kappa shape index (κ3) is 3.86. The molecule has 0 saturated carbocycles. The molecule has 1 saturated heterocycles. The molecule has 0 aromatic heterocycles. The molecule has 0 aliphatic carbocycles. The van der Waals surface area contributed by atoms with Crippen molar-refractivity contribution in [2.75, 3.05) is 19.8 Å². The Morgan fingerprint density at radius 1 is 1.28 bits per heavy atom. The van der Waals surface area contributed by atoms with Gasteiger partial charge < -0.3 is 10.1 Å². The predicted octanol–water partition coefficient (Wildman–Crippen LogP) is 3.90. The molecule has 0 amide bonds. The minimum absolute atomic E-state index is 0.337. The molecule has 0 radical (unpaired) electrons. The van der Waals surface area contributed by atoms with Crippen molar-refractivity contribution < 1.29 is 4.74 Å². The first-order valence-electron chi connectivity index (χ1n) is 6.31. The zero-order valence-corrected chi connectivity index (χ0v) is 12.2. The highest BCUT2D eigenvalue weighted by atomic mass is 35.5. The fourth-order valence-corrected chi connectivity index (χ4v) is 2.60. The van der Waals surface area contributed by atoms with Gasteiger partial charge in [-0.3, -0.25) is 0 Å². The van der Waals surface area contributed by atoms with Crippen LogP contribution in [0.15, 0.2) is 18.2 Å². The fourth-order valence-electron chi connectivity index (χ4n) is 2.22. The summed E-state index contributed by atoms with van der Waals surface area (Å²) in [5.74, 6) is 0. The average Bonchev–Trinajstić information content (AvgIpc) is 2.34. The van der Waals surface area contributed by atoms with Gasteiger partial charge in [0.15, 0.2) is 0 Å². The van der Waals surface area contributed by atoms with Gasteiger partial charge in [0.05, 0.1) is 0 Å². The Morgan fingerprint density at radius 2 is 2.00 bits per heavy atom. The molecule has 1 fully saturated rings. The van der Waals surface area contributed by atoms with Gasteiger partial charge in [0.25, 0.3) is 0 Å². The van der Waals surface area contributed by atoms with Crippen LogP contribution < -0.4 is 5.32 Å². The second-order valence-corrected chi connectivity index (χ2v) is 6.11. The Hall–Kier alpha value is -0.280. The summed E-state index contributed by atoms with van der Waals surface area (Å²) in [7, 11) is 0. The molecule has 0 bridgehead atoms. The Labute approximate surface area is 119 Å². The predicted molar refractivity (Wildman–Crippen MR) is 76.3 cm³/mol. The summed E-state index contributed by atoms with van der Waals surface area (Å²) in [6.45, 7) is 5.79. The Bertz CT molecular complexity index is 403. The van der Waals surface area contributed by atoms with E-state index in [1.165, 1.54) is 0 Å². The molecule has 1 aliphatic rings. The summed E-state index contributed by atoms with van der Waals surface area (Å²) < 4.78 is 5.40. The zero-order valence-electron chi connectivity index (χ0n) is 10.6. The number of nitrogens with one attached hydrogen (secondary N) is 1. The summed E-state index contributed by atoms with van der Waals surface area (Å²) in [5, 5.41) is 4.98. The van der Waals surface area contributed by atoms with E-state index in [0.29, 0.717) is 5.41 Å². The largest absolute Gasteiger partial charge is 0.381 e. The lowest BCUT2D eigenvalue weighted by molar-refractivity contribution is 0.0240.